The molecule has 1 heterocycles. The maximum atomic E-state index is 13.0. The standard InChI is InChI=1S/C22H16F3N3O/c23-22(24,25)15-7-5-6-14(12-15)13-26-20-16-8-1-3-10-18(16)27-21(28-20)17-9-2-4-11-19(17)29/h1-12,29H,13H2,(H,26,27,28). The third kappa shape index (κ3) is 3.99. The van der Waals surface area contributed by atoms with Crippen LogP contribution in [0.5, 0.6) is 5.75 Å². The van der Waals surface area contributed by atoms with Gasteiger partial charge >= 0.3 is 6.18 Å². The molecular formula is C22H16F3N3O. The number of halogens is 3. The topological polar surface area (TPSA) is 58.0 Å². The number of hydrogen-bond acceptors (Lipinski definition) is 4. The molecule has 0 saturated carbocycles. The number of benzene rings is 3. The second-order valence-electron chi connectivity index (χ2n) is 6.48. The molecule has 0 atom stereocenters. The van der Waals surface area contributed by atoms with Crippen LogP contribution in [0.2, 0.25) is 0 Å². The van der Waals surface area contributed by atoms with Gasteiger partial charge in [-0.25, -0.2) is 9.97 Å². The SMILES string of the molecule is Oc1ccccc1-c1nc(NCc2cccc(C(F)(F)F)c2)c2ccccc2n1. The van der Waals surface area contributed by atoms with Crippen molar-refractivity contribution in [1.82, 2.24) is 9.97 Å². The number of alkyl halides is 3. The van der Waals surface area contributed by atoms with E-state index in [1.807, 2.05) is 24.3 Å². The molecule has 0 amide bonds. The summed E-state index contributed by atoms with van der Waals surface area (Å²) in [6.45, 7) is 0.158. The Morgan fingerprint density at radius 3 is 2.41 bits per heavy atom. The lowest BCUT2D eigenvalue weighted by molar-refractivity contribution is -0.137. The molecule has 0 fully saturated rings. The van der Waals surface area contributed by atoms with Crippen molar-refractivity contribution in [1.29, 1.82) is 0 Å². The largest absolute Gasteiger partial charge is 0.507 e. The highest BCUT2D eigenvalue weighted by Gasteiger charge is 2.30. The minimum atomic E-state index is -4.39. The number of fused-ring (bicyclic) bond motifs is 1. The number of nitrogens with zero attached hydrogens (tertiary/aromatic N) is 2. The van der Waals surface area contributed by atoms with E-state index < -0.39 is 11.7 Å². The van der Waals surface area contributed by atoms with Gasteiger partial charge in [0.25, 0.3) is 0 Å². The monoisotopic (exact) mass is 395 g/mol. The maximum Gasteiger partial charge on any atom is 0.416 e. The first kappa shape index (κ1) is 18.7. The number of phenols is 1. The van der Waals surface area contributed by atoms with Crippen molar-refractivity contribution >= 4 is 16.7 Å². The molecule has 0 radical (unpaired) electrons. The fourth-order valence-electron chi connectivity index (χ4n) is 3.04. The van der Waals surface area contributed by atoms with E-state index in [1.165, 1.54) is 6.07 Å². The average molecular weight is 395 g/mol. The van der Waals surface area contributed by atoms with Crippen LogP contribution in [0.3, 0.4) is 0 Å². The quantitative estimate of drug-likeness (QED) is 0.470. The summed E-state index contributed by atoms with van der Waals surface area (Å²) in [7, 11) is 0. The van der Waals surface area contributed by atoms with Crippen LogP contribution < -0.4 is 5.32 Å². The van der Waals surface area contributed by atoms with Gasteiger partial charge in [-0.05, 0) is 42.0 Å². The molecule has 4 nitrogen and oxygen atoms in total. The van der Waals surface area contributed by atoms with Crippen molar-refractivity contribution in [3.05, 3.63) is 83.9 Å². The van der Waals surface area contributed by atoms with Gasteiger partial charge in [-0.3, -0.25) is 0 Å². The molecule has 7 heteroatoms. The number of para-hydroxylation sites is 2. The van der Waals surface area contributed by atoms with Crippen LogP contribution >= 0.6 is 0 Å². The molecule has 4 rings (SSSR count). The molecule has 2 N–H and O–H groups in total. The molecule has 0 aliphatic carbocycles. The number of aromatic nitrogens is 2. The molecule has 0 aliphatic rings. The highest BCUT2D eigenvalue weighted by atomic mass is 19.4. The minimum absolute atomic E-state index is 0.0478. The van der Waals surface area contributed by atoms with Gasteiger partial charge < -0.3 is 10.4 Å². The zero-order valence-electron chi connectivity index (χ0n) is 15.1. The van der Waals surface area contributed by atoms with Gasteiger partial charge in [-0.15, -0.1) is 0 Å². The van der Waals surface area contributed by atoms with Crippen LogP contribution in [-0.4, -0.2) is 15.1 Å². The van der Waals surface area contributed by atoms with Crippen LogP contribution in [-0.2, 0) is 12.7 Å². The molecule has 1 aromatic heterocycles. The number of anilines is 1. The van der Waals surface area contributed by atoms with E-state index in [4.69, 9.17) is 0 Å². The first-order chi connectivity index (χ1) is 13.9. The fourth-order valence-corrected chi connectivity index (χ4v) is 3.04. The normalized spacial score (nSPS) is 11.6. The zero-order chi connectivity index (χ0) is 20.4. The van der Waals surface area contributed by atoms with E-state index >= 15 is 0 Å². The molecule has 3 aromatic carbocycles. The van der Waals surface area contributed by atoms with Gasteiger partial charge in [0.2, 0.25) is 0 Å². The summed E-state index contributed by atoms with van der Waals surface area (Å²) < 4.78 is 38.9. The van der Waals surface area contributed by atoms with Crippen LogP contribution in [0.15, 0.2) is 72.8 Å². The van der Waals surface area contributed by atoms with E-state index in [1.54, 1.807) is 30.3 Å². The molecular weight excluding hydrogens is 379 g/mol. The Bertz CT molecular complexity index is 1180. The minimum Gasteiger partial charge on any atom is -0.507 e. The smallest absolute Gasteiger partial charge is 0.416 e. The first-order valence-electron chi connectivity index (χ1n) is 8.87. The van der Waals surface area contributed by atoms with E-state index in [9.17, 15) is 18.3 Å². The lowest BCUT2D eigenvalue weighted by Crippen LogP contribution is -2.08. The summed E-state index contributed by atoms with van der Waals surface area (Å²) in [4.78, 5) is 9.02. The predicted octanol–water partition coefficient (Wildman–Crippen LogP) is 5.63. The van der Waals surface area contributed by atoms with Crippen molar-refractivity contribution in [2.75, 3.05) is 5.32 Å². The predicted molar refractivity (Wildman–Crippen MR) is 105 cm³/mol. The van der Waals surface area contributed by atoms with Gasteiger partial charge in [-0.1, -0.05) is 36.4 Å². The number of aromatic hydroxyl groups is 1. The molecule has 0 saturated heterocycles. The number of phenolic OH excluding ortho intramolecular Hbond substituents is 1. The average Bonchev–Trinajstić information content (AvgIpc) is 2.72. The van der Waals surface area contributed by atoms with Gasteiger partial charge in [0.15, 0.2) is 5.82 Å². The first-order valence-corrected chi connectivity index (χ1v) is 8.87. The van der Waals surface area contributed by atoms with Crippen molar-refractivity contribution < 1.29 is 18.3 Å². The van der Waals surface area contributed by atoms with Crippen molar-refractivity contribution in [2.45, 2.75) is 12.7 Å². The van der Waals surface area contributed by atoms with Gasteiger partial charge in [0.05, 0.1) is 16.6 Å². The van der Waals surface area contributed by atoms with Crippen LogP contribution in [0.1, 0.15) is 11.1 Å². The summed E-state index contributed by atoms with van der Waals surface area (Å²) in [5, 5.41) is 14.0. The Kier molecular flexibility index (Phi) is 4.80. The second kappa shape index (κ2) is 7.43. The van der Waals surface area contributed by atoms with Crippen molar-refractivity contribution in [2.24, 2.45) is 0 Å². The van der Waals surface area contributed by atoms with E-state index in [0.717, 1.165) is 17.5 Å². The summed E-state index contributed by atoms with van der Waals surface area (Å²) in [6.07, 6.45) is -4.39. The van der Waals surface area contributed by atoms with Crippen LogP contribution in [0.25, 0.3) is 22.3 Å². The molecule has 0 unspecified atom stereocenters. The molecule has 0 spiro atoms. The fraction of sp³-hybridized carbons (Fsp3) is 0.0909. The molecule has 4 aromatic rings. The Morgan fingerprint density at radius 1 is 0.862 bits per heavy atom. The van der Waals surface area contributed by atoms with Gasteiger partial charge in [-0.2, -0.15) is 13.2 Å². The zero-order valence-corrected chi connectivity index (χ0v) is 15.1. The highest BCUT2D eigenvalue weighted by Crippen LogP contribution is 2.31. The molecule has 0 aliphatic heterocycles. The molecule has 29 heavy (non-hydrogen) atoms. The third-order valence-electron chi connectivity index (χ3n) is 4.46. The van der Waals surface area contributed by atoms with Gasteiger partial charge in [0, 0.05) is 11.9 Å². The van der Waals surface area contributed by atoms with Crippen molar-refractivity contribution in [3.63, 3.8) is 0 Å². The lowest BCUT2D eigenvalue weighted by Gasteiger charge is -2.13. The number of nitrogens with one attached hydrogen (secondary N) is 1. The van der Waals surface area contributed by atoms with E-state index in [0.29, 0.717) is 28.3 Å². The summed E-state index contributed by atoms with van der Waals surface area (Å²) >= 11 is 0. The Morgan fingerprint density at radius 2 is 1.62 bits per heavy atom. The Balaban J connectivity index is 1.71. The van der Waals surface area contributed by atoms with Crippen LogP contribution in [0, 0.1) is 0 Å². The third-order valence-corrected chi connectivity index (χ3v) is 4.46. The Labute approximate surface area is 164 Å². The van der Waals surface area contributed by atoms with Crippen molar-refractivity contribution in [3.8, 4) is 17.1 Å². The van der Waals surface area contributed by atoms with Gasteiger partial charge in [0.1, 0.15) is 11.6 Å². The summed E-state index contributed by atoms with van der Waals surface area (Å²) in [5.41, 5.74) is 0.915. The molecule has 146 valence electrons. The maximum absolute atomic E-state index is 13.0. The summed E-state index contributed by atoms with van der Waals surface area (Å²) in [6, 6.07) is 19.2. The highest BCUT2D eigenvalue weighted by molar-refractivity contribution is 5.90. The number of rotatable bonds is 4. The van der Waals surface area contributed by atoms with Crippen LogP contribution in [0.4, 0.5) is 19.0 Å². The molecule has 0 bridgehead atoms. The summed E-state index contributed by atoms with van der Waals surface area (Å²) in [5.74, 6) is 0.853. The van der Waals surface area contributed by atoms with E-state index in [-0.39, 0.29) is 12.3 Å². The number of hydrogen-bond donors (Lipinski definition) is 2. The Hall–Kier alpha value is -3.61. The van der Waals surface area contributed by atoms with E-state index in [2.05, 4.69) is 15.3 Å². The second-order valence-corrected chi connectivity index (χ2v) is 6.48. The lowest BCUT2D eigenvalue weighted by atomic mass is 10.1.